The van der Waals surface area contributed by atoms with Crippen LogP contribution in [0.4, 0.5) is 5.69 Å². The molecule has 1 aromatic carbocycles. The number of anilines is 1. The highest BCUT2D eigenvalue weighted by Gasteiger charge is 2.32. The topological polar surface area (TPSA) is 62.2 Å². The Morgan fingerprint density at radius 3 is 2.58 bits per heavy atom. The first-order valence-corrected chi connectivity index (χ1v) is 11.8. The lowest BCUT2D eigenvalue weighted by Crippen LogP contribution is -2.49. The van der Waals surface area contributed by atoms with Crippen molar-refractivity contribution in [3.63, 3.8) is 0 Å². The molecule has 6 nitrogen and oxygen atoms in total. The normalized spacial score (nSPS) is 26.1. The highest BCUT2D eigenvalue weighted by Crippen LogP contribution is 2.35. The van der Waals surface area contributed by atoms with Gasteiger partial charge in [-0.3, -0.25) is 9.69 Å². The number of hydrogen-bond acceptors (Lipinski definition) is 6. The zero-order valence-corrected chi connectivity index (χ0v) is 19.6. The van der Waals surface area contributed by atoms with Gasteiger partial charge in [0.15, 0.2) is 0 Å². The first-order valence-electron chi connectivity index (χ1n) is 11.8. The highest BCUT2D eigenvalue weighted by atomic mass is 16.5. The maximum absolute atomic E-state index is 11.0. The number of hydrogen-bond donors (Lipinski definition) is 1. The van der Waals surface area contributed by atoms with Gasteiger partial charge in [-0.25, -0.2) is 0 Å². The third-order valence-corrected chi connectivity index (χ3v) is 6.99. The Bertz CT molecular complexity index is 703. The van der Waals surface area contributed by atoms with Gasteiger partial charge in [0.05, 0.1) is 31.6 Å². The van der Waals surface area contributed by atoms with Gasteiger partial charge in [-0.15, -0.1) is 0 Å². The SMILES string of the molecule is COc1cc(C=O)ccc1N1CCN(CC(O)COC2CC(C)CCC2C(C)C)CC1. The molecule has 1 aromatic rings. The third kappa shape index (κ3) is 6.43. The number of aldehydes is 1. The van der Waals surface area contributed by atoms with Crippen molar-refractivity contribution in [3.05, 3.63) is 23.8 Å². The van der Waals surface area contributed by atoms with Gasteiger partial charge in [-0.1, -0.05) is 27.2 Å². The Labute approximate surface area is 187 Å². The van der Waals surface area contributed by atoms with Gasteiger partial charge in [-0.05, 0) is 48.8 Å². The molecule has 2 aliphatic rings. The minimum absolute atomic E-state index is 0.275. The van der Waals surface area contributed by atoms with Crippen molar-refractivity contribution in [2.75, 3.05) is 51.3 Å². The van der Waals surface area contributed by atoms with Gasteiger partial charge in [0, 0.05) is 38.3 Å². The van der Waals surface area contributed by atoms with E-state index in [2.05, 4.69) is 30.6 Å². The minimum Gasteiger partial charge on any atom is -0.495 e. The number of aliphatic hydroxyl groups excluding tert-OH is 1. The molecular weight excluding hydrogens is 392 g/mol. The molecule has 1 saturated heterocycles. The number of carbonyl (C=O) groups excluding carboxylic acids is 1. The molecule has 1 heterocycles. The van der Waals surface area contributed by atoms with Crippen molar-refractivity contribution in [2.24, 2.45) is 17.8 Å². The maximum Gasteiger partial charge on any atom is 0.150 e. The molecule has 174 valence electrons. The molecule has 4 atom stereocenters. The van der Waals surface area contributed by atoms with E-state index in [9.17, 15) is 9.90 Å². The number of methoxy groups -OCH3 is 1. The van der Waals surface area contributed by atoms with E-state index in [1.165, 1.54) is 12.8 Å². The minimum atomic E-state index is -0.460. The van der Waals surface area contributed by atoms with E-state index < -0.39 is 6.10 Å². The van der Waals surface area contributed by atoms with Gasteiger partial charge < -0.3 is 19.5 Å². The summed E-state index contributed by atoms with van der Waals surface area (Å²) in [6, 6.07) is 5.57. The fourth-order valence-electron chi connectivity index (χ4n) is 5.09. The van der Waals surface area contributed by atoms with Gasteiger partial charge in [0.2, 0.25) is 0 Å². The fraction of sp³-hybridized carbons (Fsp3) is 0.720. The predicted molar refractivity (Wildman–Crippen MR) is 124 cm³/mol. The maximum atomic E-state index is 11.0. The molecule has 0 amide bonds. The van der Waals surface area contributed by atoms with Gasteiger partial charge in [0.1, 0.15) is 12.0 Å². The van der Waals surface area contributed by atoms with Gasteiger partial charge >= 0.3 is 0 Å². The van der Waals surface area contributed by atoms with E-state index in [1.54, 1.807) is 13.2 Å². The number of aliphatic hydroxyl groups is 1. The fourth-order valence-corrected chi connectivity index (χ4v) is 5.09. The molecule has 6 heteroatoms. The van der Waals surface area contributed by atoms with Crippen molar-refractivity contribution in [2.45, 2.75) is 52.2 Å². The van der Waals surface area contributed by atoms with Crippen molar-refractivity contribution in [1.82, 2.24) is 4.90 Å². The quantitative estimate of drug-likeness (QED) is 0.603. The van der Waals surface area contributed by atoms with Gasteiger partial charge in [-0.2, -0.15) is 0 Å². The van der Waals surface area contributed by atoms with Crippen LogP contribution in [0.3, 0.4) is 0 Å². The van der Waals surface area contributed by atoms with E-state index in [1.807, 2.05) is 12.1 Å². The summed E-state index contributed by atoms with van der Waals surface area (Å²) in [5.41, 5.74) is 1.64. The number of ether oxygens (including phenoxy) is 2. The molecule has 1 aliphatic heterocycles. The summed E-state index contributed by atoms with van der Waals surface area (Å²) in [5.74, 6) is 2.67. The molecule has 3 rings (SSSR count). The van der Waals surface area contributed by atoms with Crippen LogP contribution in [0.25, 0.3) is 0 Å². The summed E-state index contributed by atoms with van der Waals surface area (Å²) in [6.45, 7) is 11.4. The van der Waals surface area contributed by atoms with Crippen molar-refractivity contribution in [1.29, 1.82) is 0 Å². The highest BCUT2D eigenvalue weighted by molar-refractivity contribution is 5.78. The number of carbonyl (C=O) groups is 1. The number of piperazine rings is 1. The van der Waals surface area contributed by atoms with Crippen LogP contribution in [0.15, 0.2) is 18.2 Å². The molecular formula is C25H40N2O4. The lowest BCUT2D eigenvalue weighted by molar-refractivity contribution is -0.0740. The Balaban J connectivity index is 1.46. The van der Waals surface area contributed by atoms with Crippen molar-refractivity contribution in [3.8, 4) is 5.75 Å². The molecule has 0 radical (unpaired) electrons. The summed E-state index contributed by atoms with van der Waals surface area (Å²) in [5, 5.41) is 10.6. The second-order valence-electron chi connectivity index (χ2n) is 9.69. The molecule has 31 heavy (non-hydrogen) atoms. The van der Waals surface area contributed by atoms with Gasteiger partial charge in [0.25, 0.3) is 0 Å². The molecule has 2 fully saturated rings. The number of β-amino-alcohol motifs (C(OH)–C–C–N with tert-alkyl or cyclic N) is 1. The molecule has 0 bridgehead atoms. The molecule has 4 unspecified atom stereocenters. The predicted octanol–water partition coefficient (Wildman–Crippen LogP) is 3.47. The number of benzene rings is 1. The molecule has 1 saturated carbocycles. The lowest BCUT2D eigenvalue weighted by atomic mass is 9.75. The van der Waals surface area contributed by atoms with Crippen LogP contribution < -0.4 is 9.64 Å². The summed E-state index contributed by atoms with van der Waals surface area (Å²) in [4.78, 5) is 15.6. The monoisotopic (exact) mass is 432 g/mol. The first kappa shape index (κ1) is 24.0. The summed E-state index contributed by atoms with van der Waals surface area (Å²) in [7, 11) is 1.64. The van der Waals surface area contributed by atoms with Crippen molar-refractivity contribution < 1.29 is 19.4 Å². The van der Waals surface area contributed by atoms with E-state index in [-0.39, 0.29) is 6.10 Å². The second-order valence-corrected chi connectivity index (χ2v) is 9.69. The second kappa shape index (κ2) is 11.3. The summed E-state index contributed by atoms with van der Waals surface area (Å²) in [6.07, 6.45) is 4.29. The lowest BCUT2D eigenvalue weighted by Gasteiger charge is -2.39. The Hall–Kier alpha value is -1.63. The standard InChI is InChI=1S/C25H40N2O4/c1-18(2)22-7-5-19(3)13-24(22)31-17-21(29)15-26-9-11-27(12-10-26)23-8-6-20(16-28)14-25(23)30-4/h6,8,14,16,18-19,21-22,24,29H,5,7,9-13,15,17H2,1-4H3. The first-order chi connectivity index (χ1) is 14.9. The molecule has 0 spiro atoms. The average molecular weight is 433 g/mol. The Kier molecular flexibility index (Phi) is 8.76. The smallest absolute Gasteiger partial charge is 0.150 e. The van der Waals surface area contributed by atoms with Crippen LogP contribution in [-0.4, -0.2) is 74.9 Å². The van der Waals surface area contributed by atoms with Crippen LogP contribution in [0.5, 0.6) is 5.75 Å². The van der Waals surface area contributed by atoms with Crippen LogP contribution in [-0.2, 0) is 4.74 Å². The Morgan fingerprint density at radius 2 is 1.94 bits per heavy atom. The number of nitrogens with zero attached hydrogens (tertiary/aromatic N) is 2. The molecule has 1 N–H and O–H groups in total. The van der Waals surface area contributed by atoms with E-state index in [4.69, 9.17) is 9.47 Å². The van der Waals surface area contributed by atoms with E-state index in [0.29, 0.717) is 36.5 Å². The Morgan fingerprint density at radius 1 is 1.19 bits per heavy atom. The molecule has 0 aromatic heterocycles. The largest absolute Gasteiger partial charge is 0.495 e. The third-order valence-electron chi connectivity index (χ3n) is 6.99. The molecule has 1 aliphatic carbocycles. The average Bonchev–Trinajstić information content (AvgIpc) is 2.77. The number of rotatable bonds is 9. The van der Waals surface area contributed by atoms with Crippen LogP contribution in [0.2, 0.25) is 0 Å². The van der Waals surface area contributed by atoms with Crippen LogP contribution in [0.1, 0.15) is 50.4 Å². The summed E-state index contributed by atoms with van der Waals surface area (Å²) >= 11 is 0. The zero-order chi connectivity index (χ0) is 22.4. The van der Waals surface area contributed by atoms with Crippen molar-refractivity contribution >= 4 is 12.0 Å². The van der Waals surface area contributed by atoms with Crippen LogP contribution in [0, 0.1) is 17.8 Å². The van der Waals surface area contributed by atoms with Crippen LogP contribution >= 0.6 is 0 Å². The van der Waals surface area contributed by atoms with E-state index in [0.717, 1.165) is 50.3 Å². The van der Waals surface area contributed by atoms with E-state index >= 15 is 0 Å². The summed E-state index contributed by atoms with van der Waals surface area (Å²) < 4.78 is 11.7. The zero-order valence-electron chi connectivity index (χ0n) is 19.6.